The van der Waals surface area contributed by atoms with E-state index in [1.165, 1.54) is 11.8 Å². The number of carbonyl (C=O) groups is 1. The first-order chi connectivity index (χ1) is 11.7. The number of aryl methyl sites for hydroxylation is 1. The molecule has 0 fully saturated rings. The Morgan fingerprint density at radius 1 is 1.12 bits per heavy atom. The average Bonchev–Trinajstić information content (AvgIpc) is 2.98. The van der Waals surface area contributed by atoms with Gasteiger partial charge in [0.15, 0.2) is 16.7 Å². The number of fused-ring (bicyclic) bond motifs is 1. The van der Waals surface area contributed by atoms with Gasteiger partial charge in [0.25, 0.3) is 0 Å². The zero-order chi connectivity index (χ0) is 16.9. The fourth-order valence-corrected chi connectivity index (χ4v) is 3.30. The number of ether oxygens (including phenoxy) is 2. The van der Waals surface area contributed by atoms with Crippen LogP contribution in [0.15, 0.2) is 53.7 Å². The first-order valence-corrected chi connectivity index (χ1v) is 8.63. The van der Waals surface area contributed by atoms with Crippen LogP contribution in [0.3, 0.4) is 0 Å². The summed E-state index contributed by atoms with van der Waals surface area (Å²) in [6.07, 6.45) is 0. The van der Waals surface area contributed by atoms with Crippen molar-refractivity contribution in [2.24, 2.45) is 0 Å². The molecule has 0 saturated carbocycles. The predicted molar refractivity (Wildman–Crippen MR) is 94.8 cm³/mol. The summed E-state index contributed by atoms with van der Waals surface area (Å²) in [6.45, 7) is 2.86. The summed E-state index contributed by atoms with van der Waals surface area (Å²) in [5, 5.41) is 0.815. The van der Waals surface area contributed by atoms with Crippen molar-refractivity contribution in [3.8, 4) is 11.5 Å². The number of rotatable bonds is 6. The molecule has 1 aromatic heterocycles. The molecule has 0 bridgehead atoms. The largest absolute Gasteiger partial charge is 0.493 e. The van der Waals surface area contributed by atoms with Gasteiger partial charge in [0.05, 0.1) is 23.9 Å². The van der Waals surface area contributed by atoms with Gasteiger partial charge in [-0.3, -0.25) is 4.79 Å². The highest BCUT2D eigenvalue weighted by Crippen LogP contribution is 2.27. The van der Waals surface area contributed by atoms with Gasteiger partial charge in [-0.05, 0) is 31.2 Å². The SMILES string of the molecule is CCn1c(SCC(=O)Oc2ccccc2OC)nc2ccccc21. The van der Waals surface area contributed by atoms with Crippen molar-refractivity contribution in [2.75, 3.05) is 12.9 Å². The van der Waals surface area contributed by atoms with Gasteiger partial charge >= 0.3 is 5.97 Å². The maximum atomic E-state index is 12.1. The second-order valence-electron chi connectivity index (χ2n) is 5.04. The van der Waals surface area contributed by atoms with Gasteiger partial charge in [-0.15, -0.1) is 0 Å². The maximum absolute atomic E-state index is 12.1. The van der Waals surface area contributed by atoms with E-state index in [0.29, 0.717) is 11.5 Å². The summed E-state index contributed by atoms with van der Waals surface area (Å²) in [7, 11) is 1.55. The number of hydrogen-bond donors (Lipinski definition) is 0. The minimum absolute atomic E-state index is 0.182. The fourth-order valence-electron chi connectivity index (χ4n) is 2.45. The highest BCUT2D eigenvalue weighted by molar-refractivity contribution is 7.99. The van der Waals surface area contributed by atoms with Crippen molar-refractivity contribution in [1.29, 1.82) is 0 Å². The predicted octanol–water partition coefficient (Wildman–Crippen LogP) is 3.76. The number of benzene rings is 2. The van der Waals surface area contributed by atoms with Crippen molar-refractivity contribution in [3.05, 3.63) is 48.5 Å². The lowest BCUT2D eigenvalue weighted by Crippen LogP contribution is -2.12. The molecule has 0 aliphatic heterocycles. The molecule has 0 radical (unpaired) electrons. The number of hydrogen-bond acceptors (Lipinski definition) is 5. The molecule has 0 saturated heterocycles. The van der Waals surface area contributed by atoms with E-state index in [2.05, 4.69) is 16.5 Å². The van der Waals surface area contributed by atoms with E-state index in [0.717, 1.165) is 22.7 Å². The van der Waals surface area contributed by atoms with Crippen LogP contribution in [0.2, 0.25) is 0 Å². The molecule has 3 aromatic rings. The molecule has 124 valence electrons. The number of thioether (sulfide) groups is 1. The van der Waals surface area contributed by atoms with Crippen LogP contribution < -0.4 is 9.47 Å². The molecule has 3 rings (SSSR count). The lowest BCUT2D eigenvalue weighted by Gasteiger charge is -2.09. The van der Waals surface area contributed by atoms with Crippen LogP contribution in [-0.2, 0) is 11.3 Å². The second-order valence-corrected chi connectivity index (χ2v) is 5.98. The highest BCUT2D eigenvalue weighted by atomic mass is 32.2. The Morgan fingerprint density at radius 3 is 2.58 bits per heavy atom. The van der Waals surface area contributed by atoms with Gasteiger partial charge < -0.3 is 14.0 Å². The number of esters is 1. The standard InChI is InChI=1S/C18H18N2O3S/c1-3-20-14-9-5-4-8-13(14)19-18(20)24-12-17(21)23-16-11-7-6-10-15(16)22-2/h4-11H,3,12H2,1-2H3. The lowest BCUT2D eigenvalue weighted by atomic mass is 10.3. The number of carbonyl (C=O) groups excluding carboxylic acids is 1. The fraction of sp³-hybridized carbons (Fsp3) is 0.222. The Morgan fingerprint density at radius 2 is 1.83 bits per heavy atom. The monoisotopic (exact) mass is 342 g/mol. The van der Waals surface area contributed by atoms with E-state index >= 15 is 0 Å². The topological polar surface area (TPSA) is 53.4 Å². The van der Waals surface area contributed by atoms with E-state index < -0.39 is 0 Å². The molecule has 1 heterocycles. The summed E-state index contributed by atoms with van der Waals surface area (Å²) < 4.78 is 12.7. The van der Waals surface area contributed by atoms with Gasteiger partial charge in [-0.1, -0.05) is 36.0 Å². The maximum Gasteiger partial charge on any atom is 0.321 e. The molecular weight excluding hydrogens is 324 g/mol. The molecular formula is C18H18N2O3S. The van der Waals surface area contributed by atoms with Gasteiger partial charge in [0, 0.05) is 6.54 Å². The Hall–Kier alpha value is -2.47. The third kappa shape index (κ3) is 3.38. The molecule has 0 N–H and O–H groups in total. The molecule has 24 heavy (non-hydrogen) atoms. The number of nitrogens with zero attached hydrogens (tertiary/aromatic N) is 2. The smallest absolute Gasteiger partial charge is 0.321 e. The van der Waals surface area contributed by atoms with E-state index in [1.807, 2.05) is 30.3 Å². The number of methoxy groups -OCH3 is 1. The molecule has 0 unspecified atom stereocenters. The van der Waals surface area contributed by atoms with E-state index in [4.69, 9.17) is 9.47 Å². The quantitative estimate of drug-likeness (QED) is 0.388. The summed E-state index contributed by atoms with van der Waals surface area (Å²) >= 11 is 1.37. The molecule has 5 nitrogen and oxygen atoms in total. The zero-order valence-corrected chi connectivity index (χ0v) is 14.4. The molecule has 0 amide bonds. The Labute approximate surface area is 144 Å². The van der Waals surface area contributed by atoms with Gasteiger partial charge in [-0.2, -0.15) is 0 Å². The Bertz CT molecular complexity index is 860. The van der Waals surface area contributed by atoms with Crippen molar-refractivity contribution in [1.82, 2.24) is 9.55 Å². The summed E-state index contributed by atoms with van der Waals surface area (Å²) in [5.74, 6) is 0.812. The van der Waals surface area contributed by atoms with Crippen molar-refractivity contribution >= 4 is 28.8 Å². The van der Waals surface area contributed by atoms with Crippen molar-refractivity contribution in [2.45, 2.75) is 18.6 Å². The minimum atomic E-state index is -0.334. The summed E-state index contributed by atoms with van der Waals surface area (Å²) in [4.78, 5) is 16.7. The van der Waals surface area contributed by atoms with Crippen molar-refractivity contribution in [3.63, 3.8) is 0 Å². The van der Waals surface area contributed by atoms with Gasteiger partial charge in [-0.25, -0.2) is 4.98 Å². The van der Waals surface area contributed by atoms with E-state index in [9.17, 15) is 4.79 Å². The normalized spacial score (nSPS) is 10.8. The highest BCUT2D eigenvalue weighted by Gasteiger charge is 2.14. The second kappa shape index (κ2) is 7.40. The third-order valence-corrected chi connectivity index (χ3v) is 4.50. The van der Waals surface area contributed by atoms with E-state index in [-0.39, 0.29) is 11.7 Å². The molecule has 2 aromatic carbocycles. The first-order valence-electron chi connectivity index (χ1n) is 7.64. The third-order valence-electron chi connectivity index (χ3n) is 3.55. The molecule has 0 spiro atoms. The van der Waals surface area contributed by atoms with Crippen LogP contribution in [0.4, 0.5) is 0 Å². The minimum Gasteiger partial charge on any atom is -0.493 e. The van der Waals surface area contributed by atoms with Crippen LogP contribution in [-0.4, -0.2) is 28.4 Å². The van der Waals surface area contributed by atoms with Crippen LogP contribution in [0, 0.1) is 0 Å². The van der Waals surface area contributed by atoms with Crippen LogP contribution in [0.1, 0.15) is 6.92 Å². The number of aromatic nitrogens is 2. The Kier molecular flexibility index (Phi) is 5.05. The van der Waals surface area contributed by atoms with Crippen LogP contribution >= 0.6 is 11.8 Å². The molecule has 0 aliphatic rings. The number of imidazole rings is 1. The lowest BCUT2D eigenvalue weighted by molar-refractivity contribution is -0.131. The Balaban J connectivity index is 1.70. The van der Waals surface area contributed by atoms with Gasteiger partial charge in [0.2, 0.25) is 0 Å². The summed E-state index contributed by atoms with van der Waals surface area (Å²) in [5.41, 5.74) is 2.00. The summed E-state index contributed by atoms with van der Waals surface area (Å²) in [6, 6.07) is 15.0. The number of para-hydroxylation sites is 4. The first kappa shape index (κ1) is 16.4. The van der Waals surface area contributed by atoms with Gasteiger partial charge in [0.1, 0.15) is 0 Å². The molecule has 0 atom stereocenters. The van der Waals surface area contributed by atoms with Crippen LogP contribution in [0.5, 0.6) is 11.5 Å². The van der Waals surface area contributed by atoms with Crippen LogP contribution in [0.25, 0.3) is 11.0 Å². The molecule has 6 heteroatoms. The van der Waals surface area contributed by atoms with Crippen molar-refractivity contribution < 1.29 is 14.3 Å². The molecule has 0 aliphatic carbocycles. The van der Waals surface area contributed by atoms with E-state index in [1.54, 1.807) is 25.3 Å². The average molecular weight is 342 g/mol. The zero-order valence-electron chi connectivity index (χ0n) is 13.6.